The molecule has 0 spiro atoms. The number of anilines is 3. The van der Waals surface area contributed by atoms with Crippen LogP contribution < -0.4 is 25.6 Å². The van der Waals surface area contributed by atoms with E-state index in [-0.39, 0.29) is 42.1 Å². The first kappa shape index (κ1) is 32.8. The topological polar surface area (TPSA) is 135 Å². The number of methoxy groups -OCH3 is 1. The molecule has 3 aromatic rings. The number of benzene rings is 3. The van der Waals surface area contributed by atoms with Gasteiger partial charge in [0.25, 0.3) is 5.91 Å². The number of halogens is 3. The summed E-state index contributed by atoms with van der Waals surface area (Å²) in [5.41, 5.74) is 0.705. The Morgan fingerprint density at radius 1 is 1.02 bits per heavy atom. The molecule has 0 radical (unpaired) electrons. The Morgan fingerprint density at radius 2 is 1.76 bits per heavy atom. The molecule has 3 amide bonds. The predicted molar refractivity (Wildman–Crippen MR) is 158 cm³/mol. The van der Waals surface area contributed by atoms with E-state index < -0.39 is 48.1 Å². The lowest BCUT2D eigenvalue weighted by atomic mass is 10.1. The molecule has 238 valence electrons. The lowest BCUT2D eigenvalue weighted by Gasteiger charge is -2.18. The normalized spacial score (nSPS) is 14.4. The lowest BCUT2D eigenvalue weighted by Crippen LogP contribution is -2.41. The van der Waals surface area contributed by atoms with Gasteiger partial charge >= 0.3 is 12.1 Å². The summed E-state index contributed by atoms with van der Waals surface area (Å²) >= 11 is 0. The van der Waals surface area contributed by atoms with Crippen molar-refractivity contribution in [3.8, 4) is 11.5 Å². The first-order valence-corrected chi connectivity index (χ1v) is 13.7. The monoisotopic (exact) mass is 628 g/mol. The maximum Gasteiger partial charge on any atom is 0.416 e. The highest BCUT2D eigenvalue weighted by molar-refractivity contribution is 6.11. The van der Waals surface area contributed by atoms with Gasteiger partial charge in [-0.3, -0.25) is 19.2 Å². The van der Waals surface area contributed by atoms with Crippen molar-refractivity contribution < 1.29 is 46.6 Å². The third-order valence-corrected chi connectivity index (χ3v) is 6.73. The minimum absolute atomic E-state index is 0.00121. The van der Waals surface area contributed by atoms with E-state index in [1.807, 2.05) is 25.1 Å². The van der Waals surface area contributed by atoms with Crippen LogP contribution in [0.1, 0.15) is 34.3 Å². The van der Waals surface area contributed by atoms with Gasteiger partial charge in [0.1, 0.15) is 18.4 Å². The van der Waals surface area contributed by atoms with E-state index >= 15 is 0 Å². The highest BCUT2D eigenvalue weighted by atomic mass is 19.4. The highest BCUT2D eigenvalue weighted by Crippen LogP contribution is 2.37. The molecular weight excluding hydrogens is 597 g/mol. The summed E-state index contributed by atoms with van der Waals surface area (Å²) in [6.45, 7) is -0.588. The first-order chi connectivity index (χ1) is 21.3. The van der Waals surface area contributed by atoms with Crippen LogP contribution >= 0.6 is 0 Å². The maximum atomic E-state index is 13.2. The summed E-state index contributed by atoms with van der Waals surface area (Å²) in [7, 11) is 4.91. The van der Waals surface area contributed by atoms with Crippen molar-refractivity contribution in [1.29, 1.82) is 0 Å². The lowest BCUT2D eigenvalue weighted by molar-refractivity contribution is -0.141. The summed E-state index contributed by atoms with van der Waals surface area (Å²) < 4.78 is 54.6. The molecule has 0 aromatic heterocycles. The number of nitrogens with zero attached hydrogens (tertiary/aromatic N) is 1. The third kappa shape index (κ3) is 8.72. The number of hydrogen-bond acceptors (Lipinski definition) is 8. The zero-order chi connectivity index (χ0) is 32.7. The zero-order valence-corrected chi connectivity index (χ0v) is 24.6. The SMILES string of the molecule is COC(=O)CC[C@H]1NC(=O)c2cc(Oc3cccc(N(C)C)c3)c(NC(=O)COCc3ccc(C(F)(F)F)cc3)cc2NC1=O. The zero-order valence-electron chi connectivity index (χ0n) is 24.6. The second-order valence-electron chi connectivity index (χ2n) is 10.3. The second-order valence-corrected chi connectivity index (χ2v) is 10.3. The molecule has 1 aliphatic rings. The number of carbonyl (C=O) groups excluding carboxylic acids is 4. The molecule has 0 bridgehead atoms. The quantitative estimate of drug-likeness (QED) is 0.260. The smallest absolute Gasteiger partial charge is 0.416 e. The number of nitrogens with one attached hydrogen (secondary N) is 3. The fraction of sp³-hybridized carbons (Fsp3) is 0.290. The minimum atomic E-state index is -4.47. The molecule has 11 nitrogen and oxygen atoms in total. The van der Waals surface area contributed by atoms with Crippen LogP contribution in [0, 0.1) is 0 Å². The van der Waals surface area contributed by atoms with Crippen molar-refractivity contribution in [2.24, 2.45) is 0 Å². The highest BCUT2D eigenvalue weighted by Gasteiger charge is 2.31. The summed E-state index contributed by atoms with van der Waals surface area (Å²) in [5.74, 6) is -1.88. The summed E-state index contributed by atoms with van der Waals surface area (Å²) in [6.07, 6.45) is -4.57. The largest absolute Gasteiger partial charge is 0.469 e. The number of ether oxygens (including phenoxy) is 3. The van der Waals surface area contributed by atoms with E-state index in [9.17, 15) is 32.3 Å². The van der Waals surface area contributed by atoms with E-state index in [1.165, 1.54) is 31.4 Å². The number of alkyl halides is 3. The Morgan fingerprint density at radius 3 is 2.42 bits per heavy atom. The molecule has 0 unspecified atom stereocenters. The standard InChI is InChI=1S/C31H31F3N4O7/c1-38(2)20-5-4-6-21(13-20)45-26-14-22-24(37-30(42)23(36-29(22)41)11-12-28(40)43-3)15-25(26)35-27(39)17-44-16-18-7-9-19(10-8-18)31(32,33)34/h4-10,13-15,23H,11-12,16-17H2,1-3H3,(H,35,39)(H,36,41)(H,37,42)/t23-/m1/s1. The van der Waals surface area contributed by atoms with E-state index in [0.29, 0.717) is 11.3 Å². The van der Waals surface area contributed by atoms with Gasteiger partial charge in [0, 0.05) is 32.3 Å². The molecule has 1 heterocycles. The Labute approximate surface area is 256 Å². The van der Waals surface area contributed by atoms with E-state index in [2.05, 4.69) is 20.7 Å². The molecule has 0 saturated heterocycles. The van der Waals surface area contributed by atoms with Gasteiger partial charge < -0.3 is 35.1 Å². The predicted octanol–water partition coefficient (Wildman–Crippen LogP) is 4.72. The molecule has 3 aromatic carbocycles. The molecule has 45 heavy (non-hydrogen) atoms. The number of rotatable bonds is 11. The average Bonchev–Trinajstić information content (AvgIpc) is 3.10. The summed E-state index contributed by atoms with van der Waals surface area (Å²) in [6, 6.07) is 13.1. The van der Waals surface area contributed by atoms with E-state index in [1.54, 1.807) is 18.2 Å². The van der Waals surface area contributed by atoms with Gasteiger partial charge in [-0.05, 0) is 48.4 Å². The van der Waals surface area contributed by atoms with Crippen LogP contribution in [-0.4, -0.2) is 57.5 Å². The van der Waals surface area contributed by atoms with Crippen molar-refractivity contribution in [3.63, 3.8) is 0 Å². The molecule has 0 saturated carbocycles. The molecule has 14 heteroatoms. The van der Waals surface area contributed by atoms with Gasteiger partial charge in [-0.25, -0.2) is 0 Å². The molecular formula is C31H31F3N4O7. The Kier molecular flexibility index (Phi) is 10.3. The second kappa shape index (κ2) is 14.1. The van der Waals surface area contributed by atoms with Gasteiger partial charge in [0.15, 0.2) is 5.75 Å². The van der Waals surface area contributed by atoms with Crippen molar-refractivity contribution >= 4 is 40.8 Å². The Hall–Kier alpha value is -5.11. The van der Waals surface area contributed by atoms with Crippen molar-refractivity contribution in [2.45, 2.75) is 31.7 Å². The van der Waals surface area contributed by atoms with Gasteiger partial charge in [-0.15, -0.1) is 0 Å². The molecule has 3 N–H and O–H groups in total. The van der Waals surface area contributed by atoms with Crippen LogP contribution in [0.5, 0.6) is 11.5 Å². The third-order valence-electron chi connectivity index (χ3n) is 6.73. The Bertz CT molecular complexity index is 1580. The Balaban J connectivity index is 1.55. The van der Waals surface area contributed by atoms with Crippen LogP contribution in [0.2, 0.25) is 0 Å². The number of hydrogen-bond donors (Lipinski definition) is 3. The molecule has 0 aliphatic carbocycles. The number of fused-ring (bicyclic) bond motifs is 1. The number of carbonyl (C=O) groups is 4. The fourth-order valence-corrected chi connectivity index (χ4v) is 4.33. The minimum Gasteiger partial charge on any atom is -0.469 e. The van der Waals surface area contributed by atoms with Crippen molar-refractivity contribution in [1.82, 2.24) is 5.32 Å². The van der Waals surface area contributed by atoms with Crippen molar-refractivity contribution in [2.75, 3.05) is 43.3 Å². The van der Waals surface area contributed by atoms with Crippen LogP contribution in [0.15, 0.2) is 60.7 Å². The van der Waals surface area contributed by atoms with Crippen LogP contribution in [0.4, 0.5) is 30.2 Å². The summed E-state index contributed by atoms with van der Waals surface area (Å²) in [4.78, 5) is 52.4. The van der Waals surface area contributed by atoms with E-state index in [0.717, 1.165) is 17.8 Å². The maximum absolute atomic E-state index is 13.2. The number of esters is 1. The summed E-state index contributed by atoms with van der Waals surface area (Å²) in [5, 5.41) is 7.91. The molecule has 1 aliphatic heterocycles. The fourth-order valence-electron chi connectivity index (χ4n) is 4.33. The van der Waals surface area contributed by atoms with Crippen LogP contribution in [0.25, 0.3) is 0 Å². The molecule has 0 fully saturated rings. The van der Waals surface area contributed by atoms with Crippen molar-refractivity contribution in [3.05, 3.63) is 77.4 Å². The van der Waals surface area contributed by atoms with Crippen LogP contribution in [-0.2, 0) is 36.6 Å². The van der Waals surface area contributed by atoms with Crippen LogP contribution in [0.3, 0.4) is 0 Å². The van der Waals surface area contributed by atoms with Gasteiger partial charge in [-0.1, -0.05) is 18.2 Å². The molecule has 1 atom stereocenters. The number of amides is 3. The first-order valence-electron chi connectivity index (χ1n) is 13.7. The van der Waals surface area contributed by atoms with E-state index in [4.69, 9.17) is 9.47 Å². The van der Waals surface area contributed by atoms with Gasteiger partial charge in [0.2, 0.25) is 11.8 Å². The van der Waals surface area contributed by atoms with Gasteiger partial charge in [0.05, 0.1) is 36.2 Å². The average molecular weight is 629 g/mol. The van der Waals surface area contributed by atoms with Gasteiger partial charge in [-0.2, -0.15) is 13.2 Å². The molecule has 4 rings (SSSR count).